The summed E-state index contributed by atoms with van der Waals surface area (Å²) in [6.07, 6.45) is 4.03. The average Bonchev–Trinajstić information content (AvgIpc) is 3.18. The van der Waals surface area contributed by atoms with Gasteiger partial charge in [0.1, 0.15) is 5.65 Å². The Kier molecular flexibility index (Phi) is 3.30. The number of hydrogen-bond acceptors (Lipinski definition) is 2. The van der Waals surface area contributed by atoms with Crippen molar-refractivity contribution < 1.29 is 0 Å². The maximum Gasteiger partial charge on any atom is 0.145 e. The van der Waals surface area contributed by atoms with Crippen LogP contribution in [0.3, 0.4) is 0 Å². The number of pyridine rings is 2. The Morgan fingerprint density at radius 2 is 1.55 bits per heavy atom. The fourth-order valence-electron chi connectivity index (χ4n) is 4.53. The first kappa shape index (κ1) is 16.3. The van der Waals surface area contributed by atoms with Gasteiger partial charge in [-0.2, -0.15) is 0 Å². The molecule has 0 fully saturated rings. The summed E-state index contributed by atoms with van der Waals surface area (Å²) in [6.45, 7) is 4.31. The summed E-state index contributed by atoms with van der Waals surface area (Å²) in [7, 11) is 0. The molecular formula is C26H19N3. The molecule has 0 amide bonds. The van der Waals surface area contributed by atoms with E-state index < -0.39 is 0 Å². The van der Waals surface area contributed by atoms with E-state index in [2.05, 4.69) is 90.1 Å². The van der Waals surface area contributed by atoms with Crippen molar-refractivity contribution >= 4 is 38.2 Å². The number of aryl methyl sites for hydroxylation is 2. The molecule has 0 aliphatic heterocycles. The number of imidazole rings is 1. The number of rotatable bonds is 1. The van der Waals surface area contributed by atoms with Crippen molar-refractivity contribution in [2.45, 2.75) is 13.8 Å². The van der Waals surface area contributed by atoms with Gasteiger partial charge >= 0.3 is 0 Å². The zero-order valence-corrected chi connectivity index (χ0v) is 16.3. The SMILES string of the molecule is Cc1cccc(C)c1-c1cn2c3cc4cccnc4cc3c3ccccc3c2n1. The highest BCUT2D eigenvalue weighted by molar-refractivity contribution is 6.14. The summed E-state index contributed by atoms with van der Waals surface area (Å²) in [4.78, 5) is 9.68. The van der Waals surface area contributed by atoms with Crippen LogP contribution in [0.15, 0.2) is 79.1 Å². The van der Waals surface area contributed by atoms with Gasteiger partial charge in [-0.1, -0.05) is 48.5 Å². The molecule has 3 aromatic carbocycles. The second-order valence-electron chi connectivity index (χ2n) is 7.70. The largest absolute Gasteiger partial charge is 0.298 e. The Balaban J connectivity index is 1.83. The first-order chi connectivity index (χ1) is 14.2. The van der Waals surface area contributed by atoms with Crippen molar-refractivity contribution in [1.29, 1.82) is 0 Å². The van der Waals surface area contributed by atoms with E-state index >= 15 is 0 Å². The van der Waals surface area contributed by atoms with Crippen LogP contribution in [-0.2, 0) is 0 Å². The Hall–Kier alpha value is -3.72. The van der Waals surface area contributed by atoms with Crippen LogP contribution in [0.1, 0.15) is 11.1 Å². The zero-order valence-electron chi connectivity index (χ0n) is 16.3. The van der Waals surface area contributed by atoms with Crippen molar-refractivity contribution in [3.05, 3.63) is 90.3 Å². The van der Waals surface area contributed by atoms with Crippen LogP contribution < -0.4 is 0 Å². The van der Waals surface area contributed by atoms with Crippen LogP contribution in [-0.4, -0.2) is 14.4 Å². The van der Waals surface area contributed by atoms with Gasteiger partial charge in [-0.25, -0.2) is 4.98 Å². The summed E-state index contributed by atoms with van der Waals surface area (Å²) >= 11 is 0. The molecule has 138 valence electrons. The molecule has 0 aliphatic rings. The van der Waals surface area contributed by atoms with E-state index in [-0.39, 0.29) is 0 Å². The first-order valence-electron chi connectivity index (χ1n) is 9.85. The fourth-order valence-corrected chi connectivity index (χ4v) is 4.53. The lowest BCUT2D eigenvalue weighted by atomic mass is 10.0. The van der Waals surface area contributed by atoms with E-state index in [9.17, 15) is 0 Å². The van der Waals surface area contributed by atoms with E-state index in [0.717, 1.165) is 33.1 Å². The lowest BCUT2D eigenvalue weighted by molar-refractivity contribution is 1.27. The van der Waals surface area contributed by atoms with Gasteiger partial charge in [0.2, 0.25) is 0 Å². The highest BCUT2D eigenvalue weighted by Gasteiger charge is 2.15. The molecule has 29 heavy (non-hydrogen) atoms. The van der Waals surface area contributed by atoms with Gasteiger partial charge in [0, 0.05) is 34.1 Å². The molecule has 0 radical (unpaired) electrons. The molecule has 6 rings (SSSR count). The van der Waals surface area contributed by atoms with Crippen molar-refractivity contribution in [2.24, 2.45) is 0 Å². The highest BCUT2D eigenvalue weighted by Crippen LogP contribution is 2.34. The molecular weight excluding hydrogens is 354 g/mol. The summed E-state index contributed by atoms with van der Waals surface area (Å²) < 4.78 is 2.24. The summed E-state index contributed by atoms with van der Waals surface area (Å²) in [5, 5.41) is 4.71. The van der Waals surface area contributed by atoms with E-state index in [0.29, 0.717) is 0 Å². The molecule has 0 atom stereocenters. The quantitative estimate of drug-likeness (QED) is 0.244. The minimum Gasteiger partial charge on any atom is -0.298 e. The predicted octanol–water partition coefficient (Wildman–Crippen LogP) is 6.47. The van der Waals surface area contributed by atoms with Gasteiger partial charge in [-0.05, 0) is 48.6 Å². The number of fused-ring (bicyclic) bond motifs is 7. The van der Waals surface area contributed by atoms with E-state index in [4.69, 9.17) is 4.98 Å². The van der Waals surface area contributed by atoms with Crippen molar-refractivity contribution in [3.63, 3.8) is 0 Å². The highest BCUT2D eigenvalue weighted by atomic mass is 15.0. The van der Waals surface area contributed by atoms with E-state index in [1.165, 1.54) is 27.5 Å². The molecule has 6 aromatic rings. The topological polar surface area (TPSA) is 30.2 Å². The molecule has 0 saturated heterocycles. The molecule has 0 spiro atoms. The molecule has 0 N–H and O–H groups in total. The average molecular weight is 373 g/mol. The molecule has 0 saturated carbocycles. The number of aromatic nitrogens is 3. The second kappa shape index (κ2) is 5.89. The number of benzene rings is 3. The van der Waals surface area contributed by atoms with Gasteiger partial charge in [-0.3, -0.25) is 9.38 Å². The van der Waals surface area contributed by atoms with E-state index in [1.807, 2.05) is 12.3 Å². The summed E-state index contributed by atoms with van der Waals surface area (Å²) in [5.41, 5.74) is 7.89. The summed E-state index contributed by atoms with van der Waals surface area (Å²) in [5.74, 6) is 0. The standard InChI is InChI=1S/C26H19N3/c1-16-7-5-8-17(2)25(16)23-15-29-24-13-18-9-6-12-27-22(18)14-21(24)19-10-3-4-11-20(19)26(29)28-23/h3-15H,1-2H3. The molecule has 3 heteroatoms. The minimum absolute atomic E-state index is 0.994. The number of nitrogens with zero attached hydrogens (tertiary/aromatic N) is 3. The first-order valence-corrected chi connectivity index (χ1v) is 9.85. The maximum absolute atomic E-state index is 5.11. The molecule has 0 aliphatic carbocycles. The third-order valence-corrected chi connectivity index (χ3v) is 5.88. The Morgan fingerprint density at radius 1 is 0.759 bits per heavy atom. The van der Waals surface area contributed by atoms with Gasteiger partial charge in [-0.15, -0.1) is 0 Å². The summed E-state index contributed by atoms with van der Waals surface area (Å²) in [6, 6.07) is 23.5. The molecule has 3 nitrogen and oxygen atoms in total. The molecule has 0 bridgehead atoms. The monoisotopic (exact) mass is 373 g/mol. The van der Waals surface area contributed by atoms with Crippen LogP contribution in [0.2, 0.25) is 0 Å². The minimum atomic E-state index is 0.994. The van der Waals surface area contributed by atoms with Crippen LogP contribution >= 0.6 is 0 Å². The molecule has 0 unspecified atom stereocenters. The Bertz CT molecular complexity index is 1550. The van der Waals surface area contributed by atoms with Gasteiger partial charge in [0.15, 0.2) is 0 Å². The zero-order chi connectivity index (χ0) is 19.5. The van der Waals surface area contributed by atoms with Gasteiger partial charge in [0.25, 0.3) is 0 Å². The van der Waals surface area contributed by atoms with Crippen molar-refractivity contribution in [3.8, 4) is 11.3 Å². The van der Waals surface area contributed by atoms with E-state index in [1.54, 1.807) is 0 Å². The Labute approximate surface area is 168 Å². The van der Waals surface area contributed by atoms with Crippen molar-refractivity contribution in [2.75, 3.05) is 0 Å². The van der Waals surface area contributed by atoms with Crippen LogP contribution in [0, 0.1) is 13.8 Å². The molecule has 3 aromatic heterocycles. The third-order valence-electron chi connectivity index (χ3n) is 5.88. The van der Waals surface area contributed by atoms with Gasteiger partial charge < -0.3 is 0 Å². The maximum atomic E-state index is 5.11. The third kappa shape index (κ3) is 2.31. The van der Waals surface area contributed by atoms with Crippen LogP contribution in [0.5, 0.6) is 0 Å². The lowest BCUT2D eigenvalue weighted by Crippen LogP contribution is -1.91. The second-order valence-corrected chi connectivity index (χ2v) is 7.70. The predicted molar refractivity (Wildman–Crippen MR) is 120 cm³/mol. The van der Waals surface area contributed by atoms with Crippen molar-refractivity contribution in [1.82, 2.24) is 14.4 Å². The smallest absolute Gasteiger partial charge is 0.145 e. The Morgan fingerprint density at radius 3 is 2.38 bits per heavy atom. The fraction of sp³-hybridized carbons (Fsp3) is 0.0769. The van der Waals surface area contributed by atoms with Gasteiger partial charge in [0.05, 0.1) is 16.7 Å². The number of hydrogen-bond donors (Lipinski definition) is 0. The van der Waals surface area contributed by atoms with Crippen LogP contribution in [0.4, 0.5) is 0 Å². The molecule has 3 heterocycles. The lowest BCUT2D eigenvalue weighted by Gasteiger charge is -2.09. The van der Waals surface area contributed by atoms with Crippen LogP contribution in [0.25, 0.3) is 49.5 Å². The normalized spacial score (nSPS) is 11.8.